The van der Waals surface area contributed by atoms with Crippen molar-refractivity contribution in [3.8, 4) is 6.07 Å². The van der Waals surface area contributed by atoms with E-state index in [1.807, 2.05) is 12.1 Å². The Balaban J connectivity index is 2.05. The lowest BCUT2D eigenvalue weighted by atomic mass is 10.2. The minimum atomic E-state index is 0.409. The Bertz CT molecular complexity index is 561. The molecule has 4 heteroatoms. The van der Waals surface area contributed by atoms with E-state index in [4.69, 9.17) is 5.26 Å². The first-order chi connectivity index (χ1) is 8.28. The summed E-state index contributed by atoms with van der Waals surface area (Å²) in [5.74, 6) is 0.816. The maximum Gasteiger partial charge on any atom is 0.189 e. The summed E-state index contributed by atoms with van der Waals surface area (Å²) >= 11 is 1.54. The minimum absolute atomic E-state index is 0.409. The topological polar surface area (TPSA) is 49.6 Å². The molecule has 1 aromatic heterocycles. The summed E-state index contributed by atoms with van der Waals surface area (Å²) in [6.45, 7) is 2.07. The molecule has 1 aromatic carbocycles. The zero-order valence-electron chi connectivity index (χ0n) is 9.42. The Morgan fingerprint density at radius 1 is 1.35 bits per heavy atom. The zero-order valence-corrected chi connectivity index (χ0v) is 10.2. The Kier molecular flexibility index (Phi) is 3.73. The molecule has 0 saturated carbocycles. The lowest BCUT2D eigenvalue weighted by Gasteiger charge is -2.01. The Morgan fingerprint density at radius 2 is 2.24 bits per heavy atom. The summed E-state index contributed by atoms with van der Waals surface area (Å²) < 4.78 is 0. The van der Waals surface area contributed by atoms with Crippen molar-refractivity contribution in [3.05, 3.63) is 53.3 Å². The van der Waals surface area contributed by atoms with Gasteiger partial charge in [0.05, 0.1) is 0 Å². The van der Waals surface area contributed by atoms with E-state index < -0.39 is 0 Å². The molecule has 1 heterocycles. The largest absolute Gasteiger partial charge is 0.231 e. The van der Waals surface area contributed by atoms with Crippen molar-refractivity contribution in [2.45, 2.75) is 17.8 Å². The molecule has 0 aliphatic rings. The van der Waals surface area contributed by atoms with Crippen LogP contribution in [0.2, 0.25) is 0 Å². The Morgan fingerprint density at radius 3 is 3.00 bits per heavy atom. The van der Waals surface area contributed by atoms with E-state index in [1.54, 1.807) is 12.3 Å². The van der Waals surface area contributed by atoms with Crippen molar-refractivity contribution in [2.24, 2.45) is 0 Å². The van der Waals surface area contributed by atoms with Crippen molar-refractivity contribution in [1.29, 1.82) is 5.26 Å². The number of hydrogen-bond acceptors (Lipinski definition) is 4. The fourth-order valence-electron chi connectivity index (χ4n) is 1.42. The third-order valence-corrected chi connectivity index (χ3v) is 3.13. The molecule has 0 atom stereocenters. The van der Waals surface area contributed by atoms with E-state index >= 15 is 0 Å². The molecule has 0 aliphatic heterocycles. The Labute approximate surface area is 105 Å². The number of nitriles is 1. The van der Waals surface area contributed by atoms with Crippen LogP contribution < -0.4 is 0 Å². The molecule has 0 saturated heterocycles. The van der Waals surface area contributed by atoms with E-state index in [0.29, 0.717) is 10.9 Å². The molecule has 0 aliphatic carbocycles. The molecule has 0 spiro atoms. The average Bonchev–Trinajstić information content (AvgIpc) is 2.37. The predicted molar refractivity (Wildman–Crippen MR) is 67.5 cm³/mol. The number of hydrogen-bond donors (Lipinski definition) is 0. The van der Waals surface area contributed by atoms with Gasteiger partial charge in [-0.25, -0.2) is 9.97 Å². The third-order valence-electron chi connectivity index (χ3n) is 2.20. The summed E-state index contributed by atoms with van der Waals surface area (Å²) in [5, 5.41) is 9.38. The van der Waals surface area contributed by atoms with Gasteiger partial charge in [0.15, 0.2) is 5.16 Å². The molecule has 84 valence electrons. The molecule has 0 amide bonds. The van der Waals surface area contributed by atoms with Crippen LogP contribution >= 0.6 is 11.8 Å². The molecule has 0 radical (unpaired) electrons. The van der Waals surface area contributed by atoms with Gasteiger partial charge in [0.2, 0.25) is 0 Å². The fourth-order valence-corrected chi connectivity index (χ4v) is 2.20. The molecule has 2 rings (SSSR count). The van der Waals surface area contributed by atoms with Crippen LogP contribution in [0.5, 0.6) is 0 Å². The van der Waals surface area contributed by atoms with E-state index in [1.165, 1.54) is 22.9 Å². The first kappa shape index (κ1) is 11.6. The average molecular weight is 241 g/mol. The lowest BCUT2D eigenvalue weighted by Crippen LogP contribution is -1.90. The molecule has 0 unspecified atom stereocenters. The van der Waals surface area contributed by atoms with E-state index in [0.717, 1.165) is 5.75 Å². The summed E-state index contributed by atoms with van der Waals surface area (Å²) in [5.41, 5.74) is 2.89. The summed E-state index contributed by atoms with van der Waals surface area (Å²) in [4.78, 5) is 8.25. The molecular weight excluding hydrogens is 230 g/mol. The van der Waals surface area contributed by atoms with Gasteiger partial charge < -0.3 is 0 Å². The molecule has 3 nitrogen and oxygen atoms in total. The van der Waals surface area contributed by atoms with Crippen molar-refractivity contribution in [3.63, 3.8) is 0 Å². The van der Waals surface area contributed by atoms with E-state index in [2.05, 4.69) is 35.1 Å². The molecule has 2 aromatic rings. The second kappa shape index (κ2) is 5.46. The van der Waals surface area contributed by atoms with Crippen LogP contribution in [0.3, 0.4) is 0 Å². The van der Waals surface area contributed by atoms with Crippen LogP contribution in [0.4, 0.5) is 0 Å². The molecule has 0 bridgehead atoms. The number of rotatable bonds is 3. The van der Waals surface area contributed by atoms with Gasteiger partial charge >= 0.3 is 0 Å². The van der Waals surface area contributed by atoms with Gasteiger partial charge in [-0.05, 0) is 18.6 Å². The van der Waals surface area contributed by atoms with Crippen LogP contribution in [0.15, 0.2) is 41.7 Å². The first-order valence-electron chi connectivity index (χ1n) is 5.19. The number of thioether (sulfide) groups is 1. The van der Waals surface area contributed by atoms with E-state index in [9.17, 15) is 0 Å². The van der Waals surface area contributed by atoms with Crippen LogP contribution in [0, 0.1) is 18.3 Å². The first-order valence-corrected chi connectivity index (χ1v) is 6.18. The molecule has 17 heavy (non-hydrogen) atoms. The van der Waals surface area contributed by atoms with Gasteiger partial charge in [0.25, 0.3) is 0 Å². The van der Waals surface area contributed by atoms with Crippen LogP contribution in [-0.4, -0.2) is 9.97 Å². The van der Waals surface area contributed by atoms with Crippen molar-refractivity contribution < 1.29 is 0 Å². The molecule has 0 N–H and O–H groups in total. The summed E-state index contributed by atoms with van der Waals surface area (Å²) in [6.07, 6.45) is 1.62. The van der Waals surface area contributed by atoms with Gasteiger partial charge in [0, 0.05) is 11.9 Å². The maximum atomic E-state index is 8.73. The standard InChI is InChI=1S/C13H11N3S/c1-10-3-2-4-11(7-10)9-17-13-15-6-5-12(8-14)16-13/h2-7H,9H2,1H3. The minimum Gasteiger partial charge on any atom is -0.231 e. The highest BCUT2D eigenvalue weighted by Crippen LogP contribution is 2.19. The van der Waals surface area contributed by atoms with Gasteiger partial charge in [-0.2, -0.15) is 5.26 Å². The zero-order chi connectivity index (χ0) is 12.1. The summed E-state index contributed by atoms with van der Waals surface area (Å²) in [6, 6.07) is 11.9. The Hall–Kier alpha value is -1.86. The highest BCUT2D eigenvalue weighted by Gasteiger charge is 2.00. The second-order valence-electron chi connectivity index (χ2n) is 3.61. The second-order valence-corrected chi connectivity index (χ2v) is 4.56. The van der Waals surface area contributed by atoms with Crippen molar-refractivity contribution in [2.75, 3.05) is 0 Å². The maximum absolute atomic E-state index is 8.73. The van der Waals surface area contributed by atoms with Gasteiger partial charge in [-0.15, -0.1) is 0 Å². The van der Waals surface area contributed by atoms with Crippen LogP contribution in [0.25, 0.3) is 0 Å². The highest BCUT2D eigenvalue weighted by atomic mass is 32.2. The van der Waals surface area contributed by atoms with Crippen LogP contribution in [0.1, 0.15) is 16.8 Å². The summed E-state index contributed by atoms with van der Waals surface area (Å²) in [7, 11) is 0. The SMILES string of the molecule is Cc1cccc(CSc2nccc(C#N)n2)c1. The lowest BCUT2D eigenvalue weighted by molar-refractivity contribution is 0.952. The fraction of sp³-hybridized carbons (Fsp3) is 0.154. The number of aryl methyl sites for hydroxylation is 1. The van der Waals surface area contributed by atoms with Crippen molar-refractivity contribution in [1.82, 2.24) is 9.97 Å². The quantitative estimate of drug-likeness (QED) is 0.612. The number of nitrogens with zero attached hydrogens (tertiary/aromatic N) is 3. The van der Waals surface area contributed by atoms with Gasteiger partial charge in [-0.3, -0.25) is 0 Å². The monoisotopic (exact) mass is 241 g/mol. The number of benzene rings is 1. The molecule has 0 fully saturated rings. The van der Waals surface area contributed by atoms with Crippen molar-refractivity contribution >= 4 is 11.8 Å². The molecular formula is C13H11N3S. The third kappa shape index (κ3) is 3.30. The number of aromatic nitrogens is 2. The van der Waals surface area contributed by atoms with Gasteiger partial charge in [-0.1, -0.05) is 41.6 Å². The normalized spacial score (nSPS) is 9.88. The van der Waals surface area contributed by atoms with Crippen LogP contribution in [-0.2, 0) is 5.75 Å². The predicted octanol–water partition coefficient (Wildman–Crippen LogP) is 2.95. The smallest absolute Gasteiger partial charge is 0.189 e. The highest BCUT2D eigenvalue weighted by molar-refractivity contribution is 7.98. The van der Waals surface area contributed by atoms with E-state index in [-0.39, 0.29) is 0 Å². The van der Waals surface area contributed by atoms with Gasteiger partial charge in [0.1, 0.15) is 11.8 Å².